The molecule has 1 aromatic rings. The maximum absolute atomic E-state index is 9.93. The van der Waals surface area contributed by atoms with Gasteiger partial charge in [0, 0.05) is 11.6 Å². The van der Waals surface area contributed by atoms with Crippen LogP contribution in [-0.2, 0) is 0 Å². The average Bonchev–Trinajstić information content (AvgIpc) is 2.01. The van der Waals surface area contributed by atoms with E-state index in [4.69, 9.17) is 5.73 Å². The number of aliphatic hydroxyl groups is 1. The smallest absolute Gasteiger partial charge is 0.0658 e. The first-order valence-electron chi connectivity index (χ1n) is 4.91. The summed E-state index contributed by atoms with van der Waals surface area (Å²) in [6.45, 7) is 7.64. The van der Waals surface area contributed by atoms with Crippen LogP contribution in [0.3, 0.4) is 0 Å². The van der Waals surface area contributed by atoms with E-state index in [-0.39, 0.29) is 5.92 Å². The topological polar surface area (TPSA) is 46.2 Å². The second kappa shape index (κ2) is 3.62. The summed E-state index contributed by atoms with van der Waals surface area (Å²) in [6.07, 6.45) is 0. The summed E-state index contributed by atoms with van der Waals surface area (Å²) in [5, 5.41) is 9.93. The molecule has 0 aliphatic carbocycles. The van der Waals surface area contributed by atoms with Crippen molar-refractivity contribution in [1.29, 1.82) is 0 Å². The standard InChI is InChI=1S/C12H19NO/c1-8-6-5-7-10(13)11(8)9(2)12(3,4)14/h5-7,9,14H,13H2,1-4H3. The van der Waals surface area contributed by atoms with Crippen LogP contribution in [0.15, 0.2) is 18.2 Å². The summed E-state index contributed by atoms with van der Waals surface area (Å²) in [5.41, 5.74) is 8.13. The van der Waals surface area contributed by atoms with Crippen molar-refractivity contribution in [2.75, 3.05) is 5.73 Å². The van der Waals surface area contributed by atoms with Crippen LogP contribution in [0.1, 0.15) is 37.8 Å². The molecule has 1 unspecified atom stereocenters. The fourth-order valence-corrected chi connectivity index (χ4v) is 1.65. The van der Waals surface area contributed by atoms with Crippen molar-refractivity contribution in [3.63, 3.8) is 0 Å². The summed E-state index contributed by atoms with van der Waals surface area (Å²) in [4.78, 5) is 0. The lowest BCUT2D eigenvalue weighted by Crippen LogP contribution is -2.27. The first-order valence-corrected chi connectivity index (χ1v) is 4.91. The lowest BCUT2D eigenvalue weighted by Gasteiger charge is -2.28. The van der Waals surface area contributed by atoms with E-state index in [1.54, 1.807) is 0 Å². The average molecular weight is 193 g/mol. The highest BCUT2D eigenvalue weighted by Gasteiger charge is 2.26. The molecule has 0 saturated carbocycles. The molecule has 2 nitrogen and oxygen atoms in total. The van der Waals surface area contributed by atoms with Gasteiger partial charge in [-0.1, -0.05) is 19.1 Å². The summed E-state index contributed by atoms with van der Waals surface area (Å²) in [7, 11) is 0. The molecule has 0 spiro atoms. The van der Waals surface area contributed by atoms with Crippen molar-refractivity contribution < 1.29 is 5.11 Å². The fraction of sp³-hybridized carbons (Fsp3) is 0.500. The van der Waals surface area contributed by atoms with Crippen LogP contribution in [-0.4, -0.2) is 10.7 Å². The van der Waals surface area contributed by atoms with E-state index in [9.17, 15) is 5.11 Å². The second-order valence-corrected chi connectivity index (χ2v) is 4.45. The maximum Gasteiger partial charge on any atom is 0.0658 e. The molecule has 0 heterocycles. The highest BCUT2D eigenvalue weighted by atomic mass is 16.3. The molecule has 78 valence electrons. The predicted molar refractivity (Wildman–Crippen MR) is 60.3 cm³/mol. The van der Waals surface area contributed by atoms with E-state index in [0.717, 1.165) is 16.8 Å². The van der Waals surface area contributed by atoms with Gasteiger partial charge in [-0.3, -0.25) is 0 Å². The van der Waals surface area contributed by atoms with Crippen molar-refractivity contribution in [3.8, 4) is 0 Å². The van der Waals surface area contributed by atoms with Crippen molar-refractivity contribution in [3.05, 3.63) is 29.3 Å². The Balaban J connectivity index is 3.19. The molecule has 3 N–H and O–H groups in total. The summed E-state index contributed by atoms with van der Waals surface area (Å²) in [6, 6.07) is 5.84. The minimum Gasteiger partial charge on any atom is -0.398 e. The lowest BCUT2D eigenvalue weighted by molar-refractivity contribution is 0.0559. The summed E-state index contributed by atoms with van der Waals surface area (Å²) >= 11 is 0. The number of nitrogen functional groups attached to an aromatic ring is 1. The number of nitrogens with two attached hydrogens (primary N) is 1. The largest absolute Gasteiger partial charge is 0.398 e. The van der Waals surface area contributed by atoms with Gasteiger partial charge in [-0.25, -0.2) is 0 Å². The Bertz CT molecular complexity index is 305. The molecule has 0 aliphatic rings. The number of rotatable bonds is 2. The summed E-state index contributed by atoms with van der Waals surface area (Å²) < 4.78 is 0. The molecule has 0 bridgehead atoms. The first kappa shape index (κ1) is 11.1. The fourth-order valence-electron chi connectivity index (χ4n) is 1.65. The molecule has 1 aromatic carbocycles. The Morgan fingerprint density at radius 3 is 2.36 bits per heavy atom. The quantitative estimate of drug-likeness (QED) is 0.709. The zero-order chi connectivity index (χ0) is 10.9. The van der Waals surface area contributed by atoms with E-state index in [1.165, 1.54) is 0 Å². The monoisotopic (exact) mass is 193 g/mol. The third kappa shape index (κ3) is 2.07. The minimum absolute atomic E-state index is 0.0451. The summed E-state index contributed by atoms with van der Waals surface area (Å²) in [5.74, 6) is 0.0451. The van der Waals surface area contributed by atoms with Gasteiger partial charge in [-0.15, -0.1) is 0 Å². The van der Waals surface area contributed by atoms with Crippen LogP contribution < -0.4 is 5.73 Å². The van der Waals surface area contributed by atoms with Gasteiger partial charge in [-0.2, -0.15) is 0 Å². The zero-order valence-corrected chi connectivity index (χ0v) is 9.33. The molecule has 0 fully saturated rings. The van der Waals surface area contributed by atoms with E-state index in [0.29, 0.717) is 0 Å². The van der Waals surface area contributed by atoms with Crippen LogP contribution in [0.25, 0.3) is 0 Å². The highest BCUT2D eigenvalue weighted by molar-refractivity contribution is 5.53. The van der Waals surface area contributed by atoms with Crippen LogP contribution in [0.5, 0.6) is 0 Å². The Kier molecular flexibility index (Phi) is 2.86. The number of benzene rings is 1. The van der Waals surface area contributed by atoms with E-state index < -0.39 is 5.60 Å². The van der Waals surface area contributed by atoms with Gasteiger partial charge < -0.3 is 10.8 Å². The van der Waals surface area contributed by atoms with Gasteiger partial charge in [0.1, 0.15) is 0 Å². The normalized spacial score (nSPS) is 14.1. The minimum atomic E-state index is -0.736. The molecule has 14 heavy (non-hydrogen) atoms. The van der Waals surface area contributed by atoms with Gasteiger partial charge in [0.2, 0.25) is 0 Å². The van der Waals surface area contributed by atoms with Gasteiger partial charge in [0.15, 0.2) is 0 Å². The third-order valence-corrected chi connectivity index (χ3v) is 2.85. The van der Waals surface area contributed by atoms with Crippen molar-refractivity contribution in [2.45, 2.75) is 39.2 Å². The van der Waals surface area contributed by atoms with Crippen LogP contribution in [0, 0.1) is 6.92 Å². The molecule has 2 heteroatoms. The van der Waals surface area contributed by atoms with Crippen molar-refractivity contribution in [1.82, 2.24) is 0 Å². The van der Waals surface area contributed by atoms with Crippen LogP contribution in [0.2, 0.25) is 0 Å². The second-order valence-electron chi connectivity index (χ2n) is 4.45. The van der Waals surface area contributed by atoms with E-state index in [1.807, 2.05) is 45.9 Å². The predicted octanol–water partition coefficient (Wildman–Crippen LogP) is 2.45. The Morgan fingerprint density at radius 2 is 1.93 bits per heavy atom. The molecular formula is C12H19NO. The SMILES string of the molecule is Cc1cccc(N)c1C(C)C(C)(C)O. The number of hydrogen-bond acceptors (Lipinski definition) is 2. The van der Waals surface area contributed by atoms with Gasteiger partial charge >= 0.3 is 0 Å². The van der Waals surface area contributed by atoms with Gasteiger partial charge in [-0.05, 0) is 38.0 Å². The number of anilines is 1. The molecule has 0 radical (unpaired) electrons. The first-order chi connectivity index (χ1) is 6.34. The van der Waals surface area contributed by atoms with E-state index >= 15 is 0 Å². The number of hydrogen-bond donors (Lipinski definition) is 2. The van der Waals surface area contributed by atoms with Crippen LogP contribution in [0.4, 0.5) is 5.69 Å². The molecule has 1 rings (SSSR count). The van der Waals surface area contributed by atoms with Crippen LogP contribution >= 0.6 is 0 Å². The molecule has 1 atom stereocenters. The number of aryl methyl sites for hydroxylation is 1. The van der Waals surface area contributed by atoms with Gasteiger partial charge in [0.05, 0.1) is 5.60 Å². The molecule has 0 aliphatic heterocycles. The lowest BCUT2D eigenvalue weighted by atomic mass is 9.83. The maximum atomic E-state index is 9.93. The Labute approximate surface area is 85.8 Å². The molecule has 0 saturated heterocycles. The molecule has 0 amide bonds. The Hall–Kier alpha value is -1.02. The van der Waals surface area contributed by atoms with E-state index in [2.05, 4.69) is 0 Å². The molecule has 0 aromatic heterocycles. The van der Waals surface area contributed by atoms with Crippen molar-refractivity contribution >= 4 is 5.69 Å². The molecular weight excluding hydrogens is 174 g/mol. The Morgan fingerprint density at radius 1 is 1.36 bits per heavy atom. The van der Waals surface area contributed by atoms with Gasteiger partial charge in [0.25, 0.3) is 0 Å². The highest BCUT2D eigenvalue weighted by Crippen LogP contribution is 2.33. The zero-order valence-electron chi connectivity index (χ0n) is 9.33. The third-order valence-electron chi connectivity index (χ3n) is 2.85. The van der Waals surface area contributed by atoms with Crippen molar-refractivity contribution in [2.24, 2.45) is 0 Å².